The van der Waals surface area contributed by atoms with E-state index in [0.717, 1.165) is 64.7 Å². The van der Waals surface area contributed by atoms with E-state index in [-0.39, 0.29) is 29.9 Å². The highest BCUT2D eigenvalue weighted by Gasteiger charge is 2.23. The molecule has 27 heavy (non-hydrogen) atoms. The summed E-state index contributed by atoms with van der Waals surface area (Å²) in [7, 11) is 0. The fourth-order valence-corrected chi connectivity index (χ4v) is 4.53. The fourth-order valence-electron chi connectivity index (χ4n) is 3.64. The second-order valence-corrected chi connectivity index (χ2v) is 8.13. The highest BCUT2D eigenvalue weighted by atomic mass is 127. The molecular formula is C19H32IN5OS. The van der Waals surface area contributed by atoms with Crippen LogP contribution in [-0.2, 0) is 17.8 Å². The van der Waals surface area contributed by atoms with Crippen LogP contribution in [-0.4, -0.2) is 78.4 Å². The van der Waals surface area contributed by atoms with Gasteiger partial charge in [0, 0.05) is 63.7 Å². The largest absolute Gasteiger partial charge is 0.357 e. The predicted molar refractivity (Wildman–Crippen MR) is 123 cm³/mol. The van der Waals surface area contributed by atoms with E-state index in [1.165, 1.54) is 5.56 Å². The highest BCUT2D eigenvalue weighted by Crippen LogP contribution is 2.25. The highest BCUT2D eigenvalue weighted by molar-refractivity contribution is 14.0. The number of hydrogen-bond donors (Lipinski definition) is 1. The lowest BCUT2D eigenvalue weighted by atomic mass is 10.1. The van der Waals surface area contributed by atoms with Crippen LogP contribution >= 0.6 is 35.3 Å². The van der Waals surface area contributed by atoms with Gasteiger partial charge < -0.3 is 15.1 Å². The van der Waals surface area contributed by atoms with E-state index in [1.807, 2.05) is 16.2 Å². The van der Waals surface area contributed by atoms with Crippen molar-refractivity contribution in [3.05, 3.63) is 21.9 Å². The summed E-state index contributed by atoms with van der Waals surface area (Å²) in [6, 6.07) is 2.69. The molecular weight excluding hydrogens is 473 g/mol. The molecule has 0 radical (unpaired) electrons. The molecule has 1 N–H and O–H groups in total. The first kappa shape index (κ1) is 22.4. The monoisotopic (exact) mass is 505 g/mol. The minimum absolute atomic E-state index is 0. The molecule has 1 aromatic rings. The maximum atomic E-state index is 11.5. The van der Waals surface area contributed by atoms with Gasteiger partial charge in [-0.15, -0.1) is 35.3 Å². The average Bonchev–Trinajstić information content (AvgIpc) is 3.12. The minimum Gasteiger partial charge on any atom is -0.357 e. The molecule has 1 fully saturated rings. The van der Waals surface area contributed by atoms with Crippen molar-refractivity contribution >= 4 is 47.2 Å². The zero-order valence-corrected chi connectivity index (χ0v) is 19.8. The van der Waals surface area contributed by atoms with Crippen LogP contribution in [0.25, 0.3) is 0 Å². The lowest BCUT2D eigenvalue weighted by Crippen LogP contribution is -2.53. The van der Waals surface area contributed by atoms with Crippen molar-refractivity contribution in [3.8, 4) is 0 Å². The summed E-state index contributed by atoms with van der Waals surface area (Å²) in [5.74, 6) is 1.15. The van der Waals surface area contributed by atoms with E-state index < -0.39 is 0 Å². The lowest BCUT2D eigenvalue weighted by molar-refractivity contribution is -0.130. The topological polar surface area (TPSA) is 51.2 Å². The molecule has 8 heteroatoms. The number of carbonyl (C=O) groups is 1. The smallest absolute Gasteiger partial charge is 0.219 e. The van der Waals surface area contributed by atoms with Gasteiger partial charge in [0.2, 0.25) is 5.91 Å². The normalized spacial score (nSPS) is 19.3. The van der Waals surface area contributed by atoms with Gasteiger partial charge in [0.15, 0.2) is 5.96 Å². The number of amides is 1. The summed E-state index contributed by atoms with van der Waals surface area (Å²) in [6.07, 6.45) is 1.16. The van der Waals surface area contributed by atoms with Crippen LogP contribution < -0.4 is 5.32 Å². The van der Waals surface area contributed by atoms with Crippen LogP contribution in [0, 0.1) is 0 Å². The standard InChI is InChI=1S/C19H31N5OS.HI/c1-4-20-19(23-10-8-22(9-11-23)16(3)25)21-13-15(2)24-7-5-18-17(14-24)6-12-26-18;/h6,12,15H,4-5,7-11,13-14H2,1-3H3,(H,20,21);1H. The SMILES string of the molecule is CCNC(=NCC(C)N1CCc2sccc2C1)N1CCN(C(C)=O)CC1.I. The van der Waals surface area contributed by atoms with Crippen LogP contribution in [0.1, 0.15) is 31.2 Å². The van der Waals surface area contributed by atoms with Gasteiger partial charge in [-0.3, -0.25) is 14.7 Å². The predicted octanol–water partition coefficient (Wildman–Crippen LogP) is 2.24. The Labute approximate surface area is 184 Å². The van der Waals surface area contributed by atoms with Gasteiger partial charge in [-0.25, -0.2) is 0 Å². The summed E-state index contributed by atoms with van der Waals surface area (Å²) in [4.78, 5) is 24.7. The number of thiophene rings is 1. The number of fused-ring (bicyclic) bond motifs is 1. The number of nitrogens with zero attached hydrogens (tertiary/aromatic N) is 4. The van der Waals surface area contributed by atoms with Crippen LogP contribution in [0.3, 0.4) is 0 Å². The molecule has 1 aromatic heterocycles. The second kappa shape index (κ2) is 10.6. The van der Waals surface area contributed by atoms with Gasteiger partial charge >= 0.3 is 0 Å². The molecule has 0 saturated carbocycles. The number of guanidine groups is 1. The molecule has 152 valence electrons. The maximum absolute atomic E-state index is 11.5. The Kier molecular flexibility index (Phi) is 8.81. The van der Waals surface area contributed by atoms with E-state index in [0.29, 0.717) is 6.04 Å². The van der Waals surface area contributed by atoms with Crippen LogP contribution in [0.2, 0.25) is 0 Å². The van der Waals surface area contributed by atoms with E-state index in [2.05, 4.69) is 40.4 Å². The summed E-state index contributed by atoms with van der Waals surface area (Å²) in [5.41, 5.74) is 1.49. The Bertz CT molecular complexity index is 642. The maximum Gasteiger partial charge on any atom is 0.219 e. The Morgan fingerprint density at radius 2 is 1.96 bits per heavy atom. The molecule has 1 atom stereocenters. The number of hydrogen-bond acceptors (Lipinski definition) is 4. The van der Waals surface area contributed by atoms with E-state index in [9.17, 15) is 4.79 Å². The average molecular weight is 505 g/mol. The molecule has 0 spiro atoms. The number of carbonyl (C=O) groups excluding carboxylic acids is 1. The Balaban J connectivity index is 0.00000261. The third-order valence-corrected chi connectivity index (χ3v) is 6.35. The summed E-state index contributed by atoms with van der Waals surface area (Å²) >= 11 is 1.89. The van der Waals surface area contributed by atoms with E-state index >= 15 is 0 Å². The van der Waals surface area contributed by atoms with Crippen molar-refractivity contribution in [2.75, 3.05) is 45.8 Å². The number of nitrogens with one attached hydrogen (secondary N) is 1. The van der Waals surface area contributed by atoms with Crippen molar-refractivity contribution in [1.29, 1.82) is 0 Å². The van der Waals surface area contributed by atoms with Gasteiger partial charge in [0.1, 0.15) is 0 Å². The molecule has 0 aliphatic carbocycles. The second-order valence-electron chi connectivity index (χ2n) is 7.13. The first-order valence-electron chi connectivity index (χ1n) is 9.66. The first-order valence-corrected chi connectivity index (χ1v) is 10.5. The fraction of sp³-hybridized carbons (Fsp3) is 0.684. The lowest BCUT2D eigenvalue weighted by Gasteiger charge is -2.36. The third-order valence-electron chi connectivity index (χ3n) is 5.33. The Hall–Kier alpha value is -0.870. The van der Waals surface area contributed by atoms with Gasteiger partial charge in [-0.1, -0.05) is 0 Å². The van der Waals surface area contributed by atoms with Gasteiger partial charge in [0.25, 0.3) is 0 Å². The van der Waals surface area contributed by atoms with Gasteiger partial charge in [-0.05, 0) is 37.3 Å². The van der Waals surface area contributed by atoms with Gasteiger partial charge in [-0.2, -0.15) is 0 Å². The number of halogens is 1. The third kappa shape index (κ3) is 5.80. The molecule has 1 unspecified atom stereocenters. The summed E-state index contributed by atoms with van der Waals surface area (Å²) in [5, 5.41) is 5.63. The molecule has 2 aliphatic rings. The quantitative estimate of drug-likeness (QED) is 0.388. The van der Waals surface area contributed by atoms with Gasteiger partial charge in [0.05, 0.1) is 6.54 Å². The molecule has 0 bridgehead atoms. The molecule has 1 saturated heterocycles. The van der Waals surface area contributed by atoms with Crippen molar-refractivity contribution in [2.24, 2.45) is 4.99 Å². The summed E-state index contributed by atoms with van der Waals surface area (Å²) < 4.78 is 0. The molecule has 3 heterocycles. The zero-order chi connectivity index (χ0) is 18.5. The molecule has 1 amide bonds. The Morgan fingerprint density at radius 1 is 1.26 bits per heavy atom. The number of rotatable bonds is 4. The van der Waals surface area contributed by atoms with Crippen molar-refractivity contribution < 1.29 is 4.79 Å². The Morgan fingerprint density at radius 3 is 2.63 bits per heavy atom. The minimum atomic E-state index is 0. The number of aliphatic imine (C=N–C) groups is 1. The van der Waals surface area contributed by atoms with Crippen LogP contribution in [0.5, 0.6) is 0 Å². The first-order chi connectivity index (χ1) is 12.6. The van der Waals surface area contributed by atoms with Crippen LogP contribution in [0.15, 0.2) is 16.4 Å². The van der Waals surface area contributed by atoms with Crippen LogP contribution in [0.4, 0.5) is 0 Å². The number of piperazine rings is 1. The van der Waals surface area contributed by atoms with Crippen molar-refractivity contribution in [1.82, 2.24) is 20.0 Å². The molecule has 0 aromatic carbocycles. The van der Waals surface area contributed by atoms with E-state index in [1.54, 1.807) is 11.8 Å². The zero-order valence-electron chi connectivity index (χ0n) is 16.6. The van der Waals surface area contributed by atoms with E-state index in [4.69, 9.17) is 4.99 Å². The summed E-state index contributed by atoms with van der Waals surface area (Å²) in [6.45, 7) is 13.1. The van der Waals surface area contributed by atoms with Crippen molar-refractivity contribution in [2.45, 2.75) is 39.8 Å². The van der Waals surface area contributed by atoms with Crippen molar-refractivity contribution in [3.63, 3.8) is 0 Å². The molecule has 3 rings (SSSR count). The molecule has 6 nitrogen and oxygen atoms in total. The molecule has 2 aliphatic heterocycles.